The molecule has 0 unspecified atom stereocenters. The number of phosphoric ester groups is 1. The lowest BCUT2D eigenvalue weighted by Crippen LogP contribution is -2.19. The zero-order valence-electron chi connectivity index (χ0n) is 16.5. The van der Waals surface area contributed by atoms with Crippen LogP contribution in [0, 0.1) is 0 Å². The van der Waals surface area contributed by atoms with Crippen LogP contribution in [0.15, 0.2) is 36.5 Å². The van der Waals surface area contributed by atoms with Crippen molar-refractivity contribution in [2.45, 2.75) is 0 Å². The molecule has 30 heavy (non-hydrogen) atoms. The molecule has 0 aliphatic carbocycles. The largest absolute Gasteiger partial charge is 0.780 e. The monoisotopic (exact) mass is 435 g/mol. The number of methoxy groups -OCH3 is 4. The molecule has 0 atom stereocenters. The summed E-state index contributed by atoms with van der Waals surface area (Å²) in [5, 5.41) is 7.97. The van der Waals surface area contributed by atoms with Crippen LogP contribution >= 0.6 is 7.82 Å². The summed E-state index contributed by atoms with van der Waals surface area (Å²) in [5.74, 6) is 1.08. The highest BCUT2D eigenvalue weighted by Crippen LogP contribution is 2.42. The average Bonchev–Trinajstić information content (AvgIpc) is 3.21. The van der Waals surface area contributed by atoms with Crippen molar-refractivity contribution in [1.29, 1.82) is 0 Å². The van der Waals surface area contributed by atoms with Crippen molar-refractivity contribution in [2.24, 2.45) is 0 Å². The van der Waals surface area contributed by atoms with E-state index in [0.717, 1.165) is 0 Å². The van der Waals surface area contributed by atoms with Crippen LogP contribution in [0.3, 0.4) is 0 Å². The SMILES string of the molecule is COc1ccc(-n2nncc2-c2cc(OC)c(OC)c(OC)c2)cc1OP(=O)([O-])[O-]. The minimum absolute atomic E-state index is 0.0696. The summed E-state index contributed by atoms with van der Waals surface area (Å²) >= 11 is 0. The minimum atomic E-state index is -5.30. The first kappa shape index (κ1) is 21.4. The molecule has 0 radical (unpaired) electrons. The lowest BCUT2D eigenvalue weighted by molar-refractivity contribution is -0.333. The summed E-state index contributed by atoms with van der Waals surface area (Å²) in [7, 11) is 0.505. The van der Waals surface area contributed by atoms with Gasteiger partial charge in [0.1, 0.15) is 7.82 Å². The van der Waals surface area contributed by atoms with E-state index in [1.165, 1.54) is 51.5 Å². The third-order valence-corrected chi connectivity index (χ3v) is 4.53. The summed E-state index contributed by atoms with van der Waals surface area (Å²) in [5.41, 5.74) is 1.53. The third-order valence-electron chi connectivity index (χ3n) is 4.11. The standard InChI is InChI=1S/C18H20N3O8P/c1-25-14-6-5-12(9-15(14)29-30(22,23)24)21-13(10-19-20-21)11-7-16(26-2)18(28-4)17(8-11)27-3/h5-10H,1-4H3,(H2,22,23,24)/p-2. The number of hydrogen-bond donors (Lipinski definition) is 0. The summed E-state index contributed by atoms with van der Waals surface area (Å²) < 4.78 is 38.1. The number of ether oxygens (including phenoxy) is 4. The second-order valence-corrected chi connectivity index (χ2v) is 6.90. The maximum atomic E-state index is 11.1. The fourth-order valence-electron chi connectivity index (χ4n) is 2.84. The molecule has 0 N–H and O–H groups in total. The van der Waals surface area contributed by atoms with E-state index in [9.17, 15) is 14.4 Å². The molecule has 3 rings (SSSR count). The van der Waals surface area contributed by atoms with Gasteiger partial charge >= 0.3 is 0 Å². The van der Waals surface area contributed by atoms with Gasteiger partial charge in [-0.05, 0) is 24.3 Å². The van der Waals surface area contributed by atoms with Crippen molar-refractivity contribution in [3.63, 3.8) is 0 Å². The fourth-order valence-corrected chi connectivity index (χ4v) is 3.22. The van der Waals surface area contributed by atoms with Crippen LogP contribution in [-0.4, -0.2) is 43.4 Å². The van der Waals surface area contributed by atoms with Gasteiger partial charge in [-0.15, -0.1) is 5.10 Å². The third kappa shape index (κ3) is 4.33. The van der Waals surface area contributed by atoms with E-state index in [1.54, 1.807) is 18.2 Å². The Morgan fingerprint density at radius 1 is 0.867 bits per heavy atom. The first-order valence-corrected chi connectivity index (χ1v) is 9.88. The zero-order chi connectivity index (χ0) is 21.9. The molecule has 1 heterocycles. The average molecular weight is 435 g/mol. The molecule has 0 amide bonds. The van der Waals surface area contributed by atoms with Crippen LogP contribution < -0.4 is 33.3 Å². The van der Waals surface area contributed by atoms with Gasteiger partial charge in [0.05, 0.1) is 46.0 Å². The van der Waals surface area contributed by atoms with E-state index in [2.05, 4.69) is 14.8 Å². The smallest absolute Gasteiger partial charge is 0.203 e. The number of nitrogens with zero attached hydrogens (tertiary/aromatic N) is 3. The Morgan fingerprint density at radius 2 is 1.50 bits per heavy atom. The van der Waals surface area contributed by atoms with Crippen molar-refractivity contribution in [3.8, 4) is 45.7 Å². The fraction of sp³-hybridized carbons (Fsp3) is 0.222. The van der Waals surface area contributed by atoms with Crippen LogP contribution in [-0.2, 0) is 4.57 Å². The lowest BCUT2D eigenvalue weighted by atomic mass is 10.1. The van der Waals surface area contributed by atoms with Gasteiger partial charge in [-0.2, -0.15) is 0 Å². The second kappa shape index (κ2) is 8.62. The van der Waals surface area contributed by atoms with Crippen LogP contribution in [0.25, 0.3) is 16.9 Å². The molecule has 160 valence electrons. The molecular formula is C18H18N3O8P-2. The Balaban J connectivity index is 2.13. The molecule has 3 aromatic rings. The van der Waals surface area contributed by atoms with Gasteiger partial charge in [0.2, 0.25) is 5.75 Å². The molecular weight excluding hydrogens is 417 g/mol. The van der Waals surface area contributed by atoms with E-state index < -0.39 is 7.82 Å². The molecule has 0 aliphatic rings. The van der Waals surface area contributed by atoms with Crippen molar-refractivity contribution in [1.82, 2.24) is 15.0 Å². The van der Waals surface area contributed by atoms with Crippen molar-refractivity contribution in [2.75, 3.05) is 28.4 Å². The van der Waals surface area contributed by atoms with Crippen LogP contribution in [0.1, 0.15) is 0 Å². The molecule has 0 spiro atoms. The van der Waals surface area contributed by atoms with Gasteiger partial charge in [-0.25, -0.2) is 4.68 Å². The quantitative estimate of drug-likeness (QED) is 0.474. The lowest BCUT2D eigenvalue weighted by Gasteiger charge is -2.29. The van der Waals surface area contributed by atoms with E-state index in [-0.39, 0.29) is 11.5 Å². The maximum absolute atomic E-state index is 11.1. The predicted octanol–water partition coefficient (Wildman–Crippen LogP) is 1.18. The normalized spacial score (nSPS) is 11.1. The van der Waals surface area contributed by atoms with Gasteiger partial charge in [-0.3, -0.25) is 0 Å². The number of hydrogen-bond acceptors (Lipinski definition) is 10. The van der Waals surface area contributed by atoms with Gasteiger partial charge in [0.15, 0.2) is 23.0 Å². The molecule has 0 saturated heterocycles. The predicted molar refractivity (Wildman–Crippen MR) is 101 cm³/mol. The Hall–Kier alpha value is -3.27. The van der Waals surface area contributed by atoms with Crippen LogP contribution in [0.4, 0.5) is 0 Å². The summed E-state index contributed by atoms with van der Waals surface area (Å²) in [6.07, 6.45) is 1.50. The highest BCUT2D eigenvalue weighted by molar-refractivity contribution is 7.43. The van der Waals surface area contributed by atoms with Crippen molar-refractivity contribution in [3.05, 3.63) is 36.5 Å². The molecule has 0 fully saturated rings. The van der Waals surface area contributed by atoms with Gasteiger partial charge in [-0.1, -0.05) is 5.21 Å². The number of phosphoric acid groups is 1. The number of benzene rings is 2. The zero-order valence-corrected chi connectivity index (χ0v) is 17.4. The highest BCUT2D eigenvalue weighted by Gasteiger charge is 2.18. The molecule has 11 nitrogen and oxygen atoms in total. The molecule has 0 saturated carbocycles. The Morgan fingerprint density at radius 3 is 2.03 bits per heavy atom. The van der Waals surface area contributed by atoms with E-state index in [0.29, 0.717) is 34.2 Å². The first-order valence-electron chi connectivity index (χ1n) is 8.42. The van der Waals surface area contributed by atoms with Gasteiger partial charge in [0.25, 0.3) is 0 Å². The second-order valence-electron chi connectivity index (χ2n) is 5.82. The van der Waals surface area contributed by atoms with Crippen molar-refractivity contribution < 1.29 is 37.8 Å². The number of rotatable bonds is 8. The molecule has 0 aliphatic heterocycles. The summed E-state index contributed by atoms with van der Waals surface area (Å²) in [6, 6.07) is 7.77. The Kier molecular flexibility index (Phi) is 6.16. The summed E-state index contributed by atoms with van der Waals surface area (Å²) in [4.78, 5) is 22.2. The Labute approximate surface area is 172 Å². The van der Waals surface area contributed by atoms with Crippen molar-refractivity contribution >= 4 is 7.82 Å². The van der Waals surface area contributed by atoms with Gasteiger partial charge in [0, 0.05) is 11.6 Å². The van der Waals surface area contributed by atoms with Gasteiger partial charge < -0.3 is 37.8 Å². The molecule has 0 bridgehead atoms. The first-order chi connectivity index (χ1) is 14.3. The van der Waals surface area contributed by atoms with Crippen LogP contribution in [0.5, 0.6) is 28.7 Å². The van der Waals surface area contributed by atoms with E-state index in [4.69, 9.17) is 18.9 Å². The topological polar surface area (TPSA) is 140 Å². The van der Waals surface area contributed by atoms with E-state index in [1.807, 2.05) is 0 Å². The van der Waals surface area contributed by atoms with E-state index >= 15 is 0 Å². The number of aromatic nitrogens is 3. The Bertz CT molecular complexity index is 1070. The highest BCUT2D eigenvalue weighted by atomic mass is 31.2. The maximum Gasteiger partial charge on any atom is 0.203 e. The molecule has 12 heteroatoms. The summed E-state index contributed by atoms with van der Waals surface area (Å²) in [6.45, 7) is 0. The minimum Gasteiger partial charge on any atom is -0.780 e. The molecule has 1 aromatic heterocycles. The van der Waals surface area contributed by atoms with Crippen LogP contribution in [0.2, 0.25) is 0 Å². The molecule has 2 aromatic carbocycles.